The summed E-state index contributed by atoms with van der Waals surface area (Å²) in [6, 6.07) is 0.911. The number of aliphatic carboxylic acids is 1. The molecule has 112 valence electrons. The van der Waals surface area contributed by atoms with E-state index in [2.05, 4.69) is 10.3 Å². The van der Waals surface area contributed by atoms with Crippen LogP contribution in [0.3, 0.4) is 0 Å². The number of hydrogen-bond donors (Lipinski definition) is 2. The van der Waals surface area contributed by atoms with Crippen LogP contribution in [0.2, 0.25) is 5.02 Å². The third-order valence-corrected chi connectivity index (χ3v) is 4.74. The number of carboxylic acids is 1. The number of rotatable bonds is 4. The van der Waals surface area contributed by atoms with Crippen molar-refractivity contribution in [1.29, 1.82) is 0 Å². The van der Waals surface area contributed by atoms with Crippen LogP contribution in [0.15, 0.2) is 12.3 Å². The van der Waals surface area contributed by atoms with Gasteiger partial charge < -0.3 is 10.4 Å². The van der Waals surface area contributed by atoms with Gasteiger partial charge in [-0.1, -0.05) is 11.6 Å². The van der Waals surface area contributed by atoms with Crippen LogP contribution in [0.25, 0.3) is 0 Å². The Morgan fingerprint density at radius 1 is 1.48 bits per heavy atom. The molecule has 7 nitrogen and oxygen atoms in total. The normalized spacial score (nSPS) is 30.3. The van der Waals surface area contributed by atoms with Gasteiger partial charge in [-0.3, -0.25) is 14.9 Å². The molecule has 0 saturated heterocycles. The first-order chi connectivity index (χ1) is 9.97. The third-order valence-electron chi connectivity index (χ3n) is 4.54. The van der Waals surface area contributed by atoms with Gasteiger partial charge in [-0.2, -0.15) is 0 Å². The lowest BCUT2D eigenvalue weighted by atomic mass is 9.84. The molecule has 21 heavy (non-hydrogen) atoms. The molecule has 4 atom stereocenters. The topological polar surface area (TPSA) is 105 Å². The number of carbonyl (C=O) groups is 1. The molecule has 2 N–H and O–H groups in total. The lowest BCUT2D eigenvalue weighted by Crippen LogP contribution is -2.39. The van der Waals surface area contributed by atoms with E-state index < -0.39 is 16.8 Å². The molecular formula is C13H14ClN3O4. The highest BCUT2D eigenvalue weighted by atomic mass is 35.5. The summed E-state index contributed by atoms with van der Waals surface area (Å²) in [6.45, 7) is 0. The van der Waals surface area contributed by atoms with Crippen LogP contribution in [-0.2, 0) is 4.79 Å². The summed E-state index contributed by atoms with van der Waals surface area (Å²) in [4.78, 5) is 25.9. The van der Waals surface area contributed by atoms with Crippen molar-refractivity contribution in [2.75, 3.05) is 5.32 Å². The molecule has 2 fully saturated rings. The molecular weight excluding hydrogens is 298 g/mol. The van der Waals surface area contributed by atoms with Crippen molar-refractivity contribution in [1.82, 2.24) is 4.98 Å². The van der Waals surface area contributed by atoms with Crippen LogP contribution < -0.4 is 5.32 Å². The maximum atomic E-state index is 11.4. The molecule has 0 amide bonds. The summed E-state index contributed by atoms with van der Waals surface area (Å²) in [5.41, 5.74) is -0.227. The molecule has 4 unspecified atom stereocenters. The van der Waals surface area contributed by atoms with E-state index in [-0.39, 0.29) is 34.4 Å². The molecule has 8 heteroatoms. The van der Waals surface area contributed by atoms with Crippen LogP contribution >= 0.6 is 11.6 Å². The quantitative estimate of drug-likeness (QED) is 0.654. The van der Waals surface area contributed by atoms with Gasteiger partial charge in [0.05, 0.1) is 15.9 Å². The minimum Gasteiger partial charge on any atom is -0.481 e. The Bertz CT molecular complexity index is 609. The van der Waals surface area contributed by atoms with E-state index >= 15 is 0 Å². The zero-order valence-electron chi connectivity index (χ0n) is 11.0. The second-order valence-corrected chi connectivity index (χ2v) is 6.08. The Morgan fingerprint density at radius 3 is 2.86 bits per heavy atom. The first-order valence-corrected chi connectivity index (χ1v) is 7.14. The van der Waals surface area contributed by atoms with E-state index in [9.17, 15) is 20.0 Å². The number of halogens is 1. The first kappa shape index (κ1) is 14.1. The number of nitrogens with zero attached hydrogens (tertiary/aromatic N) is 2. The Labute approximate surface area is 125 Å². The molecule has 2 saturated carbocycles. The number of nitro groups is 1. The predicted octanol–water partition coefficient (Wildman–Crippen LogP) is 2.55. The molecule has 0 spiro atoms. The molecule has 1 heterocycles. The highest BCUT2D eigenvalue weighted by Gasteiger charge is 2.51. The maximum Gasteiger partial charge on any atom is 0.312 e. The summed E-state index contributed by atoms with van der Waals surface area (Å²) in [6.07, 6.45) is 4.04. The molecule has 2 bridgehead atoms. The standard InChI is InChI=1S/C13H14ClN3O4/c14-8-4-9(17(20)21)12(15-5-8)16-11-7-2-1-6(3-7)10(11)13(18)19/h4-7,10-11H,1-3H2,(H,15,16)(H,18,19). The number of fused-ring (bicyclic) bond motifs is 2. The molecule has 2 aliphatic carbocycles. The van der Waals surface area contributed by atoms with Gasteiger partial charge in [0.25, 0.3) is 0 Å². The van der Waals surface area contributed by atoms with Gasteiger partial charge in [0.1, 0.15) is 0 Å². The average Bonchev–Trinajstić information content (AvgIpc) is 3.01. The second-order valence-electron chi connectivity index (χ2n) is 5.65. The van der Waals surface area contributed by atoms with Gasteiger partial charge in [0.2, 0.25) is 5.82 Å². The summed E-state index contributed by atoms with van der Waals surface area (Å²) in [7, 11) is 0. The largest absolute Gasteiger partial charge is 0.481 e. The van der Waals surface area contributed by atoms with Crippen molar-refractivity contribution < 1.29 is 14.8 Å². The summed E-state index contributed by atoms with van der Waals surface area (Å²) >= 11 is 5.73. The average molecular weight is 312 g/mol. The fourth-order valence-electron chi connectivity index (χ4n) is 3.69. The van der Waals surface area contributed by atoms with Crippen LogP contribution in [0.1, 0.15) is 19.3 Å². The van der Waals surface area contributed by atoms with E-state index in [1.54, 1.807) is 0 Å². The van der Waals surface area contributed by atoms with Crippen LogP contribution in [0.4, 0.5) is 11.5 Å². The number of anilines is 1. The summed E-state index contributed by atoms with van der Waals surface area (Å²) in [5, 5.41) is 23.6. The van der Waals surface area contributed by atoms with Gasteiger partial charge in [-0.25, -0.2) is 4.98 Å². The van der Waals surface area contributed by atoms with Gasteiger partial charge in [0.15, 0.2) is 0 Å². The van der Waals surface area contributed by atoms with Gasteiger partial charge in [0, 0.05) is 18.3 Å². The van der Waals surface area contributed by atoms with Crippen LogP contribution in [0, 0.1) is 27.9 Å². The molecule has 0 aromatic carbocycles. The molecule has 1 aromatic rings. The summed E-state index contributed by atoms with van der Waals surface area (Å²) in [5.74, 6) is -0.894. The van der Waals surface area contributed by atoms with E-state index in [1.807, 2.05) is 0 Å². The van der Waals surface area contributed by atoms with E-state index in [0.717, 1.165) is 19.3 Å². The van der Waals surface area contributed by atoms with Crippen molar-refractivity contribution >= 4 is 29.1 Å². The van der Waals surface area contributed by atoms with Crippen molar-refractivity contribution in [3.63, 3.8) is 0 Å². The second kappa shape index (κ2) is 5.14. The van der Waals surface area contributed by atoms with Crippen LogP contribution in [0.5, 0.6) is 0 Å². The Morgan fingerprint density at radius 2 is 2.19 bits per heavy atom. The Balaban J connectivity index is 1.89. The minimum absolute atomic E-state index is 0.0909. The lowest BCUT2D eigenvalue weighted by Gasteiger charge is -2.29. The van der Waals surface area contributed by atoms with Gasteiger partial charge in [-0.05, 0) is 31.1 Å². The first-order valence-electron chi connectivity index (χ1n) is 6.76. The molecule has 3 rings (SSSR count). The number of aromatic nitrogens is 1. The molecule has 1 aromatic heterocycles. The van der Waals surface area contributed by atoms with E-state index in [1.165, 1.54) is 12.3 Å². The zero-order chi connectivity index (χ0) is 15.1. The third kappa shape index (κ3) is 2.42. The highest BCUT2D eigenvalue weighted by molar-refractivity contribution is 6.30. The predicted molar refractivity (Wildman–Crippen MR) is 75.3 cm³/mol. The zero-order valence-corrected chi connectivity index (χ0v) is 11.8. The van der Waals surface area contributed by atoms with Crippen molar-refractivity contribution in [3.8, 4) is 0 Å². The van der Waals surface area contributed by atoms with Crippen LogP contribution in [-0.4, -0.2) is 27.0 Å². The Hall–Kier alpha value is -1.89. The smallest absolute Gasteiger partial charge is 0.312 e. The Kier molecular flexibility index (Phi) is 3.44. The maximum absolute atomic E-state index is 11.4. The van der Waals surface area contributed by atoms with Crippen molar-refractivity contribution in [3.05, 3.63) is 27.4 Å². The fourth-order valence-corrected chi connectivity index (χ4v) is 3.84. The minimum atomic E-state index is -0.851. The monoisotopic (exact) mass is 311 g/mol. The van der Waals surface area contributed by atoms with Crippen molar-refractivity contribution in [2.24, 2.45) is 17.8 Å². The number of hydrogen-bond acceptors (Lipinski definition) is 5. The lowest BCUT2D eigenvalue weighted by molar-refractivity contribution is -0.384. The number of nitrogens with one attached hydrogen (secondary N) is 1. The molecule has 0 aliphatic heterocycles. The molecule has 0 radical (unpaired) electrons. The summed E-state index contributed by atoms with van der Waals surface area (Å²) < 4.78 is 0. The fraction of sp³-hybridized carbons (Fsp3) is 0.538. The van der Waals surface area contributed by atoms with E-state index in [4.69, 9.17) is 11.6 Å². The van der Waals surface area contributed by atoms with E-state index in [0.29, 0.717) is 0 Å². The van der Waals surface area contributed by atoms with Gasteiger partial charge >= 0.3 is 11.7 Å². The number of carboxylic acid groups (broad SMARTS) is 1. The SMILES string of the molecule is O=C(O)C1C2CCC(C2)C1Nc1ncc(Cl)cc1[N+](=O)[O-]. The number of pyridine rings is 1. The highest BCUT2D eigenvalue weighted by Crippen LogP contribution is 2.49. The molecule has 2 aliphatic rings. The van der Waals surface area contributed by atoms with Crippen molar-refractivity contribution in [2.45, 2.75) is 25.3 Å². The van der Waals surface area contributed by atoms with Gasteiger partial charge in [-0.15, -0.1) is 0 Å².